The molecule has 1 N–H and O–H groups in total. The standard InChI is InChI=1S/C16H18N6/c1-21-15-13(11-18-21)14(12-5-3-2-4-6-12)19-16(20-15)22-9-7-17-8-10-22/h2-6,11,17H,7-10H2,1H3. The molecule has 0 aliphatic carbocycles. The van der Waals surface area contributed by atoms with E-state index in [0.717, 1.165) is 54.4 Å². The second-order valence-electron chi connectivity index (χ2n) is 5.48. The number of benzene rings is 1. The van der Waals surface area contributed by atoms with Gasteiger partial charge in [0, 0.05) is 38.8 Å². The van der Waals surface area contributed by atoms with Gasteiger partial charge in [-0.3, -0.25) is 4.68 Å². The Morgan fingerprint density at radius 2 is 1.82 bits per heavy atom. The number of rotatable bonds is 2. The van der Waals surface area contributed by atoms with E-state index in [-0.39, 0.29) is 0 Å². The molecule has 0 bridgehead atoms. The zero-order valence-corrected chi connectivity index (χ0v) is 12.5. The third-order valence-corrected chi connectivity index (χ3v) is 4.03. The lowest BCUT2D eigenvalue weighted by atomic mass is 10.1. The van der Waals surface area contributed by atoms with Gasteiger partial charge in [-0.2, -0.15) is 10.1 Å². The van der Waals surface area contributed by atoms with Crippen LogP contribution in [0.1, 0.15) is 0 Å². The molecule has 1 aliphatic rings. The van der Waals surface area contributed by atoms with Gasteiger partial charge in [0.15, 0.2) is 5.65 Å². The van der Waals surface area contributed by atoms with Crippen LogP contribution < -0.4 is 10.2 Å². The zero-order valence-electron chi connectivity index (χ0n) is 12.5. The van der Waals surface area contributed by atoms with Crippen molar-refractivity contribution in [2.45, 2.75) is 0 Å². The van der Waals surface area contributed by atoms with Crippen LogP contribution in [-0.4, -0.2) is 45.9 Å². The van der Waals surface area contributed by atoms with E-state index < -0.39 is 0 Å². The van der Waals surface area contributed by atoms with Crippen LogP contribution in [0.15, 0.2) is 36.5 Å². The molecule has 0 atom stereocenters. The van der Waals surface area contributed by atoms with Crippen molar-refractivity contribution in [3.63, 3.8) is 0 Å². The number of nitrogens with zero attached hydrogens (tertiary/aromatic N) is 5. The van der Waals surface area contributed by atoms with E-state index in [2.05, 4.69) is 27.4 Å². The van der Waals surface area contributed by atoms with Gasteiger partial charge in [0.2, 0.25) is 5.95 Å². The highest BCUT2D eigenvalue weighted by Gasteiger charge is 2.18. The number of aromatic nitrogens is 4. The summed E-state index contributed by atoms with van der Waals surface area (Å²) in [6.07, 6.45) is 1.85. The second kappa shape index (κ2) is 5.38. The Morgan fingerprint density at radius 3 is 2.59 bits per heavy atom. The quantitative estimate of drug-likeness (QED) is 0.775. The van der Waals surface area contributed by atoms with E-state index in [1.54, 1.807) is 0 Å². The summed E-state index contributed by atoms with van der Waals surface area (Å²) in [6.45, 7) is 3.79. The minimum absolute atomic E-state index is 0.788. The first-order valence-electron chi connectivity index (χ1n) is 7.54. The molecule has 0 unspecified atom stereocenters. The summed E-state index contributed by atoms with van der Waals surface area (Å²) in [5.74, 6) is 0.788. The normalized spacial score (nSPS) is 15.4. The molecule has 112 valence electrons. The maximum atomic E-state index is 4.84. The van der Waals surface area contributed by atoms with Crippen molar-refractivity contribution in [3.8, 4) is 11.3 Å². The second-order valence-corrected chi connectivity index (χ2v) is 5.48. The third-order valence-electron chi connectivity index (χ3n) is 4.03. The summed E-state index contributed by atoms with van der Waals surface area (Å²) >= 11 is 0. The van der Waals surface area contributed by atoms with Crippen LogP contribution in [0.5, 0.6) is 0 Å². The van der Waals surface area contributed by atoms with Crippen molar-refractivity contribution in [1.82, 2.24) is 25.1 Å². The van der Waals surface area contributed by atoms with Crippen molar-refractivity contribution >= 4 is 17.0 Å². The molecule has 1 aromatic carbocycles. The molecule has 4 rings (SSSR count). The van der Waals surface area contributed by atoms with Crippen molar-refractivity contribution in [2.24, 2.45) is 7.05 Å². The van der Waals surface area contributed by atoms with Gasteiger partial charge in [-0.15, -0.1) is 0 Å². The molecule has 0 saturated carbocycles. The summed E-state index contributed by atoms with van der Waals surface area (Å²) in [5.41, 5.74) is 2.92. The Labute approximate surface area is 128 Å². The first-order chi connectivity index (χ1) is 10.8. The molecule has 1 saturated heterocycles. The van der Waals surface area contributed by atoms with Gasteiger partial charge in [-0.25, -0.2) is 4.98 Å². The number of piperazine rings is 1. The molecule has 1 aliphatic heterocycles. The van der Waals surface area contributed by atoms with Crippen LogP contribution in [0.2, 0.25) is 0 Å². The lowest BCUT2D eigenvalue weighted by Crippen LogP contribution is -2.44. The fourth-order valence-electron chi connectivity index (χ4n) is 2.83. The summed E-state index contributed by atoms with van der Waals surface area (Å²) in [4.78, 5) is 11.8. The van der Waals surface area contributed by atoms with Gasteiger partial charge >= 0.3 is 0 Å². The Morgan fingerprint density at radius 1 is 1.05 bits per heavy atom. The van der Waals surface area contributed by atoms with Gasteiger partial charge < -0.3 is 10.2 Å². The minimum atomic E-state index is 0.788. The molecule has 6 heteroatoms. The highest BCUT2D eigenvalue weighted by atomic mass is 15.3. The zero-order chi connectivity index (χ0) is 14.9. The summed E-state index contributed by atoms with van der Waals surface area (Å²) < 4.78 is 1.81. The first-order valence-corrected chi connectivity index (χ1v) is 7.54. The average molecular weight is 294 g/mol. The Bertz CT molecular complexity index is 789. The van der Waals surface area contributed by atoms with Crippen molar-refractivity contribution in [1.29, 1.82) is 0 Å². The SMILES string of the molecule is Cn1ncc2c(-c3ccccc3)nc(N3CCNCC3)nc21. The number of anilines is 1. The molecule has 0 amide bonds. The van der Waals surface area contributed by atoms with Crippen LogP contribution in [0.4, 0.5) is 5.95 Å². The number of hydrogen-bond donors (Lipinski definition) is 1. The lowest BCUT2D eigenvalue weighted by Gasteiger charge is -2.27. The summed E-state index contributed by atoms with van der Waals surface area (Å²) in [5, 5.41) is 8.70. The van der Waals surface area contributed by atoms with E-state index in [9.17, 15) is 0 Å². The van der Waals surface area contributed by atoms with Gasteiger partial charge in [0.1, 0.15) is 0 Å². The fourth-order valence-corrected chi connectivity index (χ4v) is 2.83. The molecule has 6 nitrogen and oxygen atoms in total. The molecule has 22 heavy (non-hydrogen) atoms. The third kappa shape index (κ3) is 2.21. The van der Waals surface area contributed by atoms with Gasteiger partial charge in [0.05, 0.1) is 17.3 Å². The van der Waals surface area contributed by atoms with Crippen LogP contribution in [0.25, 0.3) is 22.3 Å². The molecule has 0 radical (unpaired) electrons. The summed E-state index contributed by atoms with van der Waals surface area (Å²) in [7, 11) is 1.92. The fraction of sp³-hybridized carbons (Fsp3) is 0.312. The molecule has 1 fully saturated rings. The van der Waals surface area contributed by atoms with Crippen LogP contribution in [0, 0.1) is 0 Å². The molecule has 3 aromatic rings. The van der Waals surface area contributed by atoms with Crippen LogP contribution in [-0.2, 0) is 7.05 Å². The maximum Gasteiger partial charge on any atom is 0.228 e. The van der Waals surface area contributed by atoms with Gasteiger partial charge in [-0.05, 0) is 0 Å². The van der Waals surface area contributed by atoms with E-state index in [1.165, 1.54) is 0 Å². The molecular formula is C16H18N6. The molecule has 3 heterocycles. The molecular weight excluding hydrogens is 276 g/mol. The highest BCUT2D eigenvalue weighted by Crippen LogP contribution is 2.27. The predicted molar refractivity (Wildman–Crippen MR) is 86.8 cm³/mol. The average Bonchev–Trinajstić information content (AvgIpc) is 2.97. The monoisotopic (exact) mass is 294 g/mol. The van der Waals surface area contributed by atoms with Crippen molar-refractivity contribution in [3.05, 3.63) is 36.5 Å². The maximum absolute atomic E-state index is 4.84. The van der Waals surface area contributed by atoms with Crippen LogP contribution in [0.3, 0.4) is 0 Å². The van der Waals surface area contributed by atoms with Crippen LogP contribution >= 0.6 is 0 Å². The first kappa shape index (κ1) is 13.2. The number of aryl methyl sites for hydroxylation is 1. The van der Waals surface area contributed by atoms with E-state index in [4.69, 9.17) is 9.97 Å². The van der Waals surface area contributed by atoms with Gasteiger partial charge in [-0.1, -0.05) is 30.3 Å². The predicted octanol–water partition coefficient (Wildman–Crippen LogP) is 1.44. The molecule has 2 aromatic heterocycles. The van der Waals surface area contributed by atoms with E-state index in [1.807, 2.05) is 36.1 Å². The number of nitrogens with one attached hydrogen (secondary N) is 1. The Kier molecular flexibility index (Phi) is 3.23. The lowest BCUT2D eigenvalue weighted by molar-refractivity contribution is 0.580. The molecule has 0 spiro atoms. The number of hydrogen-bond acceptors (Lipinski definition) is 5. The Hall–Kier alpha value is -2.47. The minimum Gasteiger partial charge on any atom is -0.338 e. The van der Waals surface area contributed by atoms with Crippen molar-refractivity contribution in [2.75, 3.05) is 31.1 Å². The smallest absolute Gasteiger partial charge is 0.228 e. The largest absolute Gasteiger partial charge is 0.338 e. The van der Waals surface area contributed by atoms with E-state index in [0.29, 0.717) is 0 Å². The topological polar surface area (TPSA) is 58.9 Å². The van der Waals surface area contributed by atoms with E-state index >= 15 is 0 Å². The summed E-state index contributed by atoms with van der Waals surface area (Å²) in [6, 6.07) is 10.2. The number of fused-ring (bicyclic) bond motifs is 1. The highest BCUT2D eigenvalue weighted by molar-refractivity contribution is 5.91. The van der Waals surface area contributed by atoms with Crippen molar-refractivity contribution < 1.29 is 0 Å². The van der Waals surface area contributed by atoms with Gasteiger partial charge in [0.25, 0.3) is 0 Å². The Balaban J connectivity index is 1.90.